The topological polar surface area (TPSA) is 17.8 Å². The highest BCUT2D eigenvalue weighted by molar-refractivity contribution is 9.10. The molecule has 0 unspecified atom stereocenters. The monoisotopic (exact) mass is 382 g/mol. The van der Waals surface area contributed by atoms with Gasteiger partial charge in [0.2, 0.25) is 0 Å². The summed E-state index contributed by atoms with van der Waals surface area (Å²) in [6.07, 6.45) is 0. The van der Waals surface area contributed by atoms with Crippen molar-refractivity contribution in [2.24, 2.45) is 0 Å². The molecule has 23 heavy (non-hydrogen) atoms. The molecule has 0 amide bonds. The molecule has 0 aliphatic heterocycles. The van der Waals surface area contributed by atoms with Crippen molar-refractivity contribution in [1.82, 2.24) is 9.78 Å². The second-order valence-corrected chi connectivity index (χ2v) is 6.45. The summed E-state index contributed by atoms with van der Waals surface area (Å²) in [5.41, 5.74) is 3.94. The van der Waals surface area contributed by atoms with Gasteiger partial charge in [0.1, 0.15) is 5.69 Å². The van der Waals surface area contributed by atoms with Gasteiger partial charge in [-0.25, -0.2) is 4.68 Å². The number of hydrogen-bond donors (Lipinski definition) is 0. The highest BCUT2D eigenvalue weighted by Crippen LogP contribution is 2.34. The third-order valence-corrected chi connectivity index (χ3v) is 5.08. The number of fused-ring (bicyclic) bond motifs is 1. The third kappa shape index (κ3) is 2.46. The molecule has 0 N–H and O–H groups in total. The van der Waals surface area contributed by atoms with Gasteiger partial charge in [-0.1, -0.05) is 66.2 Å². The molecule has 0 bridgehead atoms. The lowest BCUT2D eigenvalue weighted by Crippen LogP contribution is -1.97. The van der Waals surface area contributed by atoms with Crippen LogP contribution in [0.3, 0.4) is 0 Å². The Bertz CT molecular complexity index is 993. The number of halogens is 2. The Morgan fingerprint density at radius 2 is 1.57 bits per heavy atom. The molecule has 3 aromatic carbocycles. The second kappa shape index (κ2) is 5.84. The molecule has 0 spiro atoms. The van der Waals surface area contributed by atoms with Crippen molar-refractivity contribution in [1.29, 1.82) is 0 Å². The van der Waals surface area contributed by atoms with E-state index in [9.17, 15) is 0 Å². The molecule has 4 aromatic rings. The van der Waals surface area contributed by atoms with Gasteiger partial charge in [0, 0.05) is 15.4 Å². The second-order valence-electron chi connectivity index (χ2n) is 5.22. The zero-order valence-corrected chi connectivity index (χ0v) is 14.4. The lowest BCUT2D eigenvalue weighted by atomic mass is 10.1. The summed E-state index contributed by atoms with van der Waals surface area (Å²) in [4.78, 5) is 0. The lowest BCUT2D eigenvalue weighted by molar-refractivity contribution is 0.914. The first-order valence-corrected chi connectivity index (χ1v) is 8.40. The first-order valence-electron chi connectivity index (χ1n) is 7.23. The van der Waals surface area contributed by atoms with Gasteiger partial charge in [-0.2, -0.15) is 5.10 Å². The van der Waals surface area contributed by atoms with Crippen LogP contribution in [0.25, 0.3) is 27.8 Å². The quantitative estimate of drug-likeness (QED) is 0.408. The molecule has 0 saturated carbocycles. The highest BCUT2D eigenvalue weighted by atomic mass is 79.9. The summed E-state index contributed by atoms with van der Waals surface area (Å²) in [7, 11) is 0. The Balaban J connectivity index is 2.04. The van der Waals surface area contributed by atoms with Gasteiger partial charge in [0.25, 0.3) is 0 Å². The minimum atomic E-state index is 0.653. The number of hydrogen-bond acceptors (Lipinski definition) is 1. The number of para-hydroxylation sites is 1. The van der Waals surface area contributed by atoms with Gasteiger partial charge >= 0.3 is 0 Å². The van der Waals surface area contributed by atoms with Gasteiger partial charge < -0.3 is 0 Å². The van der Waals surface area contributed by atoms with E-state index in [2.05, 4.69) is 40.2 Å². The number of benzene rings is 3. The smallest absolute Gasteiger partial charge is 0.101 e. The first kappa shape index (κ1) is 14.5. The average molecular weight is 384 g/mol. The molecule has 1 aromatic heterocycles. The fraction of sp³-hybridized carbons (Fsp3) is 0. The zero-order valence-electron chi connectivity index (χ0n) is 12.1. The lowest BCUT2D eigenvalue weighted by Gasteiger charge is -2.07. The summed E-state index contributed by atoms with van der Waals surface area (Å²) in [5.74, 6) is 0. The van der Waals surface area contributed by atoms with Crippen LogP contribution in [0.2, 0.25) is 5.02 Å². The number of aromatic nitrogens is 2. The average Bonchev–Trinajstić information content (AvgIpc) is 2.98. The van der Waals surface area contributed by atoms with Crippen molar-refractivity contribution in [2.45, 2.75) is 0 Å². The molecule has 0 saturated heterocycles. The maximum Gasteiger partial charge on any atom is 0.101 e. The van der Waals surface area contributed by atoms with Crippen molar-refractivity contribution < 1.29 is 0 Å². The van der Waals surface area contributed by atoms with E-state index in [-0.39, 0.29) is 0 Å². The van der Waals surface area contributed by atoms with E-state index in [0.717, 1.165) is 32.3 Å². The minimum absolute atomic E-state index is 0.653. The van der Waals surface area contributed by atoms with Crippen LogP contribution in [-0.4, -0.2) is 9.78 Å². The molecule has 4 heteroatoms. The van der Waals surface area contributed by atoms with Gasteiger partial charge in [0.15, 0.2) is 0 Å². The molecule has 0 atom stereocenters. The molecular weight excluding hydrogens is 372 g/mol. The Morgan fingerprint density at radius 1 is 0.826 bits per heavy atom. The van der Waals surface area contributed by atoms with Crippen molar-refractivity contribution in [3.05, 3.63) is 82.3 Å². The van der Waals surface area contributed by atoms with E-state index in [1.807, 2.05) is 53.2 Å². The molecule has 0 radical (unpaired) electrons. The van der Waals surface area contributed by atoms with Crippen molar-refractivity contribution in [2.75, 3.05) is 0 Å². The zero-order chi connectivity index (χ0) is 15.8. The summed E-state index contributed by atoms with van der Waals surface area (Å²) in [6, 6.07) is 24.3. The first-order chi connectivity index (χ1) is 11.3. The predicted molar refractivity (Wildman–Crippen MR) is 99.2 cm³/mol. The summed E-state index contributed by atoms with van der Waals surface area (Å²) < 4.78 is 2.77. The van der Waals surface area contributed by atoms with Crippen LogP contribution in [0.4, 0.5) is 0 Å². The summed E-state index contributed by atoms with van der Waals surface area (Å²) in [5, 5.41) is 6.60. The molecule has 1 heterocycles. The Kier molecular flexibility index (Phi) is 3.68. The van der Waals surface area contributed by atoms with E-state index in [4.69, 9.17) is 16.7 Å². The highest BCUT2D eigenvalue weighted by Gasteiger charge is 2.15. The number of rotatable bonds is 2. The van der Waals surface area contributed by atoms with Gasteiger partial charge in [0.05, 0.1) is 16.2 Å². The maximum absolute atomic E-state index is 6.48. The van der Waals surface area contributed by atoms with Gasteiger partial charge in [-0.15, -0.1) is 0 Å². The molecule has 0 aliphatic carbocycles. The van der Waals surface area contributed by atoms with Crippen molar-refractivity contribution >= 4 is 38.4 Å². The summed E-state index contributed by atoms with van der Waals surface area (Å²) in [6.45, 7) is 0. The molecule has 2 nitrogen and oxygen atoms in total. The van der Waals surface area contributed by atoms with Crippen LogP contribution < -0.4 is 0 Å². The van der Waals surface area contributed by atoms with Crippen LogP contribution in [0.1, 0.15) is 0 Å². The maximum atomic E-state index is 6.48. The molecule has 4 rings (SSSR count). The third-order valence-electron chi connectivity index (χ3n) is 3.79. The van der Waals surface area contributed by atoms with Crippen LogP contribution in [-0.2, 0) is 0 Å². The van der Waals surface area contributed by atoms with E-state index in [1.54, 1.807) is 0 Å². The predicted octanol–water partition coefficient (Wildman–Crippen LogP) is 6.11. The fourth-order valence-corrected chi connectivity index (χ4v) is 3.28. The molecular formula is C19H12BrClN2. The van der Waals surface area contributed by atoms with Crippen LogP contribution in [0.15, 0.2) is 77.3 Å². The standard InChI is InChI=1S/C19H12BrClN2/c20-15-10-6-12-17(18(15)21)23-16-11-5-4-9-14(16)19(22-23)13-7-2-1-3-8-13/h1-12H. The fourth-order valence-electron chi connectivity index (χ4n) is 2.72. The Hall–Kier alpha value is -2.10. The van der Waals surface area contributed by atoms with Crippen LogP contribution in [0.5, 0.6) is 0 Å². The SMILES string of the molecule is Clc1c(Br)cccc1-n1nc(-c2ccccc2)c2ccccc21. The van der Waals surface area contributed by atoms with E-state index in [1.165, 1.54) is 0 Å². The van der Waals surface area contributed by atoms with Gasteiger partial charge in [-0.3, -0.25) is 0 Å². The van der Waals surface area contributed by atoms with Crippen LogP contribution >= 0.6 is 27.5 Å². The summed E-state index contributed by atoms with van der Waals surface area (Å²) >= 11 is 9.96. The molecule has 0 fully saturated rings. The van der Waals surface area contributed by atoms with Gasteiger partial charge in [-0.05, 0) is 34.1 Å². The van der Waals surface area contributed by atoms with Crippen LogP contribution in [0, 0.1) is 0 Å². The number of nitrogens with zero attached hydrogens (tertiary/aromatic N) is 2. The van der Waals surface area contributed by atoms with E-state index in [0.29, 0.717) is 5.02 Å². The van der Waals surface area contributed by atoms with Crippen molar-refractivity contribution in [3.8, 4) is 16.9 Å². The van der Waals surface area contributed by atoms with E-state index < -0.39 is 0 Å². The Labute approximate surface area is 147 Å². The molecule has 112 valence electrons. The normalized spacial score (nSPS) is 11.0. The minimum Gasteiger partial charge on any atom is -0.231 e. The Morgan fingerprint density at radius 3 is 2.39 bits per heavy atom. The molecule has 0 aliphatic rings. The van der Waals surface area contributed by atoms with Crippen molar-refractivity contribution in [3.63, 3.8) is 0 Å². The largest absolute Gasteiger partial charge is 0.231 e. The van der Waals surface area contributed by atoms with E-state index >= 15 is 0 Å².